The van der Waals surface area contributed by atoms with Crippen molar-refractivity contribution in [3.8, 4) is 0 Å². The molecule has 2 heterocycles. The van der Waals surface area contributed by atoms with Crippen LogP contribution in [0.15, 0.2) is 41.4 Å². The average molecular weight is 252 g/mol. The first kappa shape index (κ1) is 11.0. The molecule has 0 fully saturated rings. The van der Waals surface area contributed by atoms with E-state index in [9.17, 15) is 0 Å². The van der Waals surface area contributed by atoms with Gasteiger partial charge in [0, 0.05) is 6.54 Å². The summed E-state index contributed by atoms with van der Waals surface area (Å²) in [6.07, 6.45) is 0. The van der Waals surface area contributed by atoms with Crippen molar-refractivity contribution in [1.29, 1.82) is 0 Å². The fraction of sp³-hybridized carbons (Fsp3) is 0.312. The predicted octanol–water partition coefficient (Wildman–Crippen LogP) is 2.59. The first-order chi connectivity index (χ1) is 9.29. The van der Waals surface area contributed by atoms with Crippen molar-refractivity contribution in [2.45, 2.75) is 19.1 Å². The number of nitrogens with zero attached hydrogens (tertiary/aromatic N) is 1. The highest BCUT2D eigenvalue weighted by atomic mass is 16.5. The van der Waals surface area contributed by atoms with Gasteiger partial charge in [0.15, 0.2) is 0 Å². The molecule has 1 unspecified atom stereocenters. The molecule has 96 valence electrons. The van der Waals surface area contributed by atoms with Gasteiger partial charge in [-0.1, -0.05) is 36.4 Å². The van der Waals surface area contributed by atoms with Gasteiger partial charge in [-0.3, -0.25) is 4.99 Å². The molecule has 0 saturated carbocycles. The molecule has 0 saturated heterocycles. The summed E-state index contributed by atoms with van der Waals surface area (Å²) in [6, 6.07) is 12.8. The Balaban J connectivity index is 2.02. The Morgan fingerprint density at radius 1 is 1.21 bits per heavy atom. The molecule has 3 heteroatoms. The number of nitrogens with one attached hydrogen (secondary N) is 1. The van der Waals surface area contributed by atoms with Gasteiger partial charge in [0.2, 0.25) is 0 Å². The van der Waals surface area contributed by atoms with E-state index in [1.807, 2.05) is 0 Å². The Bertz CT molecular complexity index is 687. The van der Waals surface area contributed by atoms with Crippen LogP contribution in [0.3, 0.4) is 0 Å². The molecule has 3 nitrogen and oxygen atoms in total. The molecule has 0 bridgehead atoms. The van der Waals surface area contributed by atoms with Crippen molar-refractivity contribution in [1.82, 2.24) is 5.32 Å². The van der Waals surface area contributed by atoms with Crippen molar-refractivity contribution in [3.05, 3.63) is 47.5 Å². The zero-order valence-corrected chi connectivity index (χ0v) is 10.9. The molecule has 2 aromatic rings. The van der Waals surface area contributed by atoms with Crippen molar-refractivity contribution in [3.63, 3.8) is 0 Å². The maximum Gasteiger partial charge on any atom is 0.148 e. The van der Waals surface area contributed by atoms with E-state index in [1.165, 1.54) is 21.9 Å². The monoisotopic (exact) mass is 252 g/mol. The van der Waals surface area contributed by atoms with Crippen molar-refractivity contribution < 1.29 is 4.74 Å². The Labute approximate surface area is 112 Å². The molecular weight excluding hydrogens is 236 g/mol. The van der Waals surface area contributed by atoms with Gasteiger partial charge in [-0.15, -0.1) is 0 Å². The molecule has 4 rings (SSSR count). The third-order valence-electron chi connectivity index (χ3n) is 4.15. The van der Waals surface area contributed by atoms with Crippen LogP contribution in [-0.2, 0) is 16.9 Å². The molecular formula is C16H16N2O. The minimum atomic E-state index is -0.440. The lowest BCUT2D eigenvalue weighted by atomic mass is 9.85. The second-order valence-corrected chi connectivity index (χ2v) is 5.30. The second-order valence-electron chi connectivity index (χ2n) is 5.30. The Kier molecular flexibility index (Phi) is 2.21. The van der Waals surface area contributed by atoms with E-state index in [4.69, 9.17) is 4.74 Å². The van der Waals surface area contributed by atoms with Crippen molar-refractivity contribution in [2.75, 3.05) is 13.1 Å². The molecule has 0 aromatic heterocycles. The first-order valence-electron chi connectivity index (χ1n) is 6.73. The molecule has 2 aliphatic heterocycles. The number of hydrogen-bond donors (Lipinski definition) is 1. The summed E-state index contributed by atoms with van der Waals surface area (Å²) in [6.45, 7) is 4.51. The molecule has 1 atom stereocenters. The highest BCUT2D eigenvalue weighted by Crippen LogP contribution is 2.39. The fourth-order valence-corrected chi connectivity index (χ4v) is 3.15. The van der Waals surface area contributed by atoms with Crippen LogP contribution in [0.25, 0.3) is 10.8 Å². The number of rotatable bonds is 1. The van der Waals surface area contributed by atoms with Crippen LogP contribution in [-0.4, -0.2) is 18.9 Å². The maximum atomic E-state index is 6.17. The SMILES string of the molecule is CC1(C2=NCCN2)OCc2cccc3cccc1c23. The number of ether oxygens (including phenoxy) is 1. The highest BCUT2D eigenvalue weighted by molar-refractivity contribution is 5.99. The van der Waals surface area contributed by atoms with Crippen LogP contribution in [0.5, 0.6) is 0 Å². The number of benzene rings is 2. The summed E-state index contributed by atoms with van der Waals surface area (Å²) in [7, 11) is 0. The molecule has 19 heavy (non-hydrogen) atoms. The first-order valence-corrected chi connectivity index (χ1v) is 6.73. The van der Waals surface area contributed by atoms with Gasteiger partial charge >= 0.3 is 0 Å². The maximum absolute atomic E-state index is 6.17. The molecule has 2 aliphatic rings. The van der Waals surface area contributed by atoms with Gasteiger partial charge in [-0.2, -0.15) is 0 Å². The van der Waals surface area contributed by atoms with E-state index >= 15 is 0 Å². The summed E-state index contributed by atoms with van der Waals surface area (Å²) in [5, 5.41) is 5.98. The summed E-state index contributed by atoms with van der Waals surface area (Å²) in [5.41, 5.74) is 2.05. The van der Waals surface area contributed by atoms with Crippen LogP contribution in [0, 0.1) is 0 Å². The Hall–Kier alpha value is -1.87. The smallest absolute Gasteiger partial charge is 0.148 e. The fourth-order valence-electron chi connectivity index (χ4n) is 3.15. The van der Waals surface area contributed by atoms with Crippen LogP contribution >= 0.6 is 0 Å². The Morgan fingerprint density at radius 3 is 2.84 bits per heavy atom. The normalized spacial score (nSPS) is 25.2. The number of aliphatic imine (C=N–C) groups is 1. The topological polar surface area (TPSA) is 33.6 Å². The molecule has 0 aliphatic carbocycles. The van der Waals surface area contributed by atoms with Gasteiger partial charge in [-0.25, -0.2) is 0 Å². The second kappa shape index (κ2) is 3.81. The van der Waals surface area contributed by atoms with Crippen LogP contribution in [0.1, 0.15) is 18.1 Å². The summed E-state index contributed by atoms with van der Waals surface area (Å²) in [5.74, 6) is 0.967. The lowest BCUT2D eigenvalue weighted by Crippen LogP contribution is -2.43. The quantitative estimate of drug-likeness (QED) is 0.846. The van der Waals surface area contributed by atoms with E-state index in [0.717, 1.165) is 18.9 Å². The zero-order valence-electron chi connectivity index (χ0n) is 10.9. The van der Waals surface area contributed by atoms with Gasteiger partial charge < -0.3 is 10.1 Å². The lowest BCUT2D eigenvalue weighted by molar-refractivity contribution is -0.000475. The predicted molar refractivity (Wildman–Crippen MR) is 76.4 cm³/mol. The summed E-state index contributed by atoms with van der Waals surface area (Å²) >= 11 is 0. The summed E-state index contributed by atoms with van der Waals surface area (Å²) < 4.78 is 6.17. The average Bonchev–Trinajstić information content (AvgIpc) is 2.98. The van der Waals surface area contributed by atoms with E-state index in [2.05, 4.69) is 53.6 Å². The van der Waals surface area contributed by atoms with Gasteiger partial charge in [0.1, 0.15) is 11.4 Å². The van der Waals surface area contributed by atoms with Crippen molar-refractivity contribution >= 4 is 16.6 Å². The molecule has 1 N–H and O–H groups in total. The largest absolute Gasteiger partial charge is 0.369 e. The van der Waals surface area contributed by atoms with Crippen molar-refractivity contribution in [2.24, 2.45) is 4.99 Å². The van der Waals surface area contributed by atoms with Crippen LogP contribution < -0.4 is 5.32 Å². The molecule has 0 amide bonds. The van der Waals surface area contributed by atoms with E-state index in [1.54, 1.807) is 0 Å². The third-order valence-corrected chi connectivity index (χ3v) is 4.15. The molecule has 0 radical (unpaired) electrons. The third kappa shape index (κ3) is 1.45. The van der Waals surface area contributed by atoms with Gasteiger partial charge in [0.05, 0.1) is 13.2 Å². The number of hydrogen-bond acceptors (Lipinski definition) is 3. The minimum absolute atomic E-state index is 0.440. The summed E-state index contributed by atoms with van der Waals surface area (Å²) in [4.78, 5) is 4.57. The molecule has 0 spiro atoms. The Morgan fingerprint density at radius 2 is 2.05 bits per heavy atom. The minimum Gasteiger partial charge on any atom is -0.369 e. The lowest BCUT2D eigenvalue weighted by Gasteiger charge is -2.36. The standard InChI is InChI=1S/C16H16N2O/c1-16(15-17-8-9-18-15)13-7-3-5-11-4-2-6-12(10-19-16)14(11)13/h2-7H,8-10H2,1H3,(H,17,18). The molecule has 2 aromatic carbocycles. The zero-order chi connectivity index (χ0) is 12.9. The van der Waals surface area contributed by atoms with Gasteiger partial charge in [0.25, 0.3) is 0 Å². The highest BCUT2D eigenvalue weighted by Gasteiger charge is 2.39. The number of amidine groups is 1. The van der Waals surface area contributed by atoms with E-state index in [0.29, 0.717) is 6.61 Å². The van der Waals surface area contributed by atoms with Gasteiger partial charge in [-0.05, 0) is 28.8 Å². The van der Waals surface area contributed by atoms with E-state index in [-0.39, 0.29) is 0 Å². The van der Waals surface area contributed by atoms with Crippen LogP contribution in [0.4, 0.5) is 0 Å². The van der Waals surface area contributed by atoms with E-state index < -0.39 is 5.60 Å². The van der Waals surface area contributed by atoms with Crippen LogP contribution in [0.2, 0.25) is 0 Å².